The maximum atomic E-state index is 12.9. The highest BCUT2D eigenvalue weighted by atomic mass is 32.1. The van der Waals surface area contributed by atoms with Gasteiger partial charge in [0.05, 0.1) is 6.54 Å². The van der Waals surface area contributed by atoms with Gasteiger partial charge in [-0.3, -0.25) is 9.69 Å². The Labute approximate surface area is 156 Å². The predicted molar refractivity (Wildman–Crippen MR) is 99.6 cm³/mol. The number of amides is 1. The topological polar surface area (TPSA) is 58.1 Å². The van der Waals surface area contributed by atoms with Crippen molar-refractivity contribution in [3.63, 3.8) is 0 Å². The molecule has 1 saturated carbocycles. The van der Waals surface area contributed by atoms with E-state index in [1.807, 2.05) is 0 Å². The molecule has 4 rings (SSSR count). The summed E-state index contributed by atoms with van der Waals surface area (Å²) in [4.78, 5) is 14.7. The largest absolute Gasteiger partial charge is 0.320 e. The lowest BCUT2D eigenvalue weighted by Gasteiger charge is -2.41. The van der Waals surface area contributed by atoms with E-state index in [4.69, 9.17) is 0 Å². The standard InChI is InChI=1S/C19H23FN4OS/c20-15-5-7-16(8-6-15)21-18(25)19-23-22-17(26-19)12-24-10-9-13-3-1-2-4-14(13)11-24/h5-8,13-14H,1-4,9-12H2,(H,21,25)/t13-,14+/m1/s1. The van der Waals surface area contributed by atoms with Crippen LogP contribution < -0.4 is 5.32 Å². The fraction of sp³-hybridized carbons (Fsp3) is 0.526. The zero-order valence-corrected chi connectivity index (χ0v) is 15.5. The summed E-state index contributed by atoms with van der Waals surface area (Å²) in [5, 5.41) is 12.2. The van der Waals surface area contributed by atoms with Gasteiger partial charge in [0.1, 0.15) is 10.8 Å². The van der Waals surface area contributed by atoms with Crippen molar-refractivity contribution in [2.45, 2.75) is 38.6 Å². The number of nitrogens with one attached hydrogen (secondary N) is 1. The maximum Gasteiger partial charge on any atom is 0.286 e. The van der Waals surface area contributed by atoms with E-state index in [9.17, 15) is 9.18 Å². The molecule has 2 aliphatic rings. The molecule has 138 valence electrons. The van der Waals surface area contributed by atoms with Crippen LogP contribution in [0.5, 0.6) is 0 Å². The zero-order chi connectivity index (χ0) is 17.9. The SMILES string of the molecule is O=C(Nc1ccc(F)cc1)c1nnc(CN2CC[C@H]3CCCC[C@H]3C2)s1. The summed E-state index contributed by atoms with van der Waals surface area (Å²) in [6.45, 7) is 3.02. The summed E-state index contributed by atoms with van der Waals surface area (Å²) in [6.07, 6.45) is 6.78. The van der Waals surface area contributed by atoms with Gasteiger partial charge >= 0.3 is 0 Å². The Morgan fingerprint density at radius 2 is 1.92 bits per heavy atom. The summed E-state index contributed by atoms with van der Waals surface area (Å²) in [6, 6.07) is 5.69. The Kier molecular flexibility index (Phi) is 5.26. The van der Waals surface area contributed by atoms with E-state index in [1.165, 1.54) is 67.7 Å². The molecule has 26 heavy (non-hydrogen) atoms. The van der Waals surface area contributed by atoms with Crippen LogP contribution in [0.1, 0.15) is 46.9 Å². The smallest absolute Gasteiger partial charge is 0.286 e. The van der Waals surface area contributed by atoms with Crippen LogP contribution in [-0.4, -0.2) is 34.1 Å². The first-order valence-corrected chi connectivity index (χ1v) is 10.1. The van der Waals surface area contributed by atoms with Gasteiger partial charge in [0.2, 0.25) is 5.01 Å². The zero-order valence-electron chi connectivity index (χ0n) is 14.7. The van der Waals surface area contributed by atoms with Gasteiger partial charge in [-0.2, -0.15) is 0 Å². The van der Waals surface area contributed by atoms with E-state index < -0.39 is 0 Å². The second-order valence-electron chi connectivity index (χ2n) is 7.29. The Bertz CT molecular complexity index is 763. The van der Waals surface area contributed by atoms with Crippen molar-refractivity contribution in [3.8, 4) is 0 Å². The van der Waals surface area contributed by atoms with Gasteiger partial charge < -0.3 is 5.32 Å². The predicted octanol–water partition coefficient (Wildman–Crippen LogP) is 3.94. The minimum Gasteiger partial charge on any atom is -0.320 e. The van der Waals surface area contributed by atoms with Gasteiger partial charge in [0, 0.05) is 12.2 Å². The lowest BCUT2D eigenvalue weighted by molar-refractivity contribution is 0.0819. The second-order valence-corrected chi connectivity index (χ2v) is 8.35. The van der Waals surface area contributed by atoms with Gasteiger partial charge in [0.25, 0.3) is 5.91 Å². The number of fused-ring (bicyclic) bond motifs is 1. The molecular formula is C19H23FN4OS. The number of halogens is 1. The van der Waals surface area contributed by atoms with Crippen LogP contribution in [-0.2, 0) is 6.54 Å². The summed E-state index contributed by atoms with van der Waals surface area (Å²) in [5.41, 5.74) is 0.549. The number of anilines is 1. The third kappa shape index (κ3) is 4.10. The summed E-state index contributed by atoms with van der Waals surface area (Å²) < 4.78 is 12.9. The molecule has 0 radical (unpaired) electrons. The van der Waals surface area contributed by atoms with Crippen molar-refractivity contribution >= 4 is 22.9 Å². The summed E-state index contributed by atoms with van der Waals surface area (Å²) in [7, 11) is 0. The molecule has 5 nitrogen and oxygen atoms in total. The van der Waals surface area contributed by atoms with Crippen molar-refractivity contribution in [2.75, 3.05) is 18.4 Å². The number of benzene rings is 1. The molecule has 1 N–H and O–H groups in total. The van der Waals surface area contributed by atoms with E-state index in [1.54, 1.807) is 0 Å². The summed E-state index contributed by atoms with van der Waals surface area (Å²) in [5.74, 6) is 1.10. The van der Waals surface area contributed by atoms with E-state index in [-0.39, 0.29) is 11.7 Å². The molecule has 2 heterocycles. The van der Waals surface area contributed by atoms with E-state index in [0.29, 0.717) is 10.7 Å². The molecule has 7 heteroatoms. The monoisotopic (exact) mass is 374 g/mol. The molecule has 1 aromatic carbocycles. The minimum absolute atomic E-state index is 0.300. The molecule has 2 fully saturated rings. The van der Waals surface area contributed by atoms with Gasteiger partial charge in [-0.1, -0.05) is 30.6 Å². The third-order valence-electron chi connectivity index (χ3n) is 5.50. The van der Waals surface area contributed by atoms with Crippen molar-refractivity contribution in [3.05, 3.63) is 40.1 Å². The molecule has 2 atom stereocenters. The number of piperidine rings is 1. The Morgan fingerprint density at radius 1 is 1.15 bits per heavy atom. The number of aromatic nitrogens is 2. The van der Waals surface area contributed by atoms with Crippen LogP contribution in [0.15, 0.2) is 24.3 Å². The number of rotatable bonds is 4. The molecule has 1 aliphatic heterocycles. The highest BCUT2D eigenvalue weighted by Gasteiger charge is 2.31. The molecule has 1 aliphatic carbocycles. The number of carbonyl (C=O) groups is 1. The Balaban J connectivity index is 1.34. The molecule has 1 saturated heterocycles. The van der Waals surface area contributed by atoms with E-state index >= 15 is 0 Å². The number of nitrogens with zero attached hydrogens (tertiary/aromatic N) is 3. The summed E-state index contributed by atoms with van der Waals surface area (Å²) >= 11 is 1.34. The quantitative estimate of drug-likeness (QED) is 0.881. The average molecular weight is 374 g/mol. The van der Waals surface area contributed by atoms with E-state index in [2.05, 4.69) is 20.4 Å². The molecule has 1 amide bonds. The molecule has 0 spiro atoms. The lowest BCUT2D eigenvalue weighted by atomic mass is 9.75. The normalized spacial score (nSPS) is 23.4. The van der Waals surface area contributed by atoms with Crippen LogP contribution >= 0.6 is 11.3 Å². The van der Waals surface area contributed by atoms with Crippen molar-refractivity contribution in [1.82, 2.24) is 15.1 Å². The van der Waals surface area contributed by atoms with E-state index in [0.717, 1.165) is 36.5 Å². The number of hydrogen-bond acceptors (Lipinski definition) is 5. The van der Waals surface area contributed by atoms with Gasteiger partial charge in [-0.15, -0.1) is 10.2 Å². The molecule has 1 aromatic heterocycles. The minimum atomic E-state index is -0.331. The lowest BCUT2D eigenvalue weighted by Crippen LogP contribution is -2.41. The van der Waals surface area contributed by atoms with Crippen LogP contribution in [0.4, 0.5) is 10.1 Å². The van der Waals surface area contributed by atoms with Gasteiger partial charge in [0.15, 0.2) is 0 Å². The maximum absolute atomic E-state index is 12.9. The number of carbonyl (C=O) groups excluding carboxylic acids is 1. The number of hydrogen-bond donors (Lipinski definition) is 1. The average Bonchev–Trinajstić information content (AvgIpc) is 3.12. The first kappa shape index (κ1) is 17.5. The first-order chi connectivity index (χ1) is 12.7. The molecule has 0 bridgehead atoms. The van der Waals surface area contributed by atoms with Crippen LogP contribution in [0.2, 0.25) is 0 Å². The Hall–Kier alpha value is -1.86. The van der Waals surface area contributed by atoms with Gasteiger partial charge in [-0.25, -0.2) is 4.39 Å². The third-order valence-corrected chi connectivity index (χ3v) is 6.40. The highest BCUT2D eigenvalue weighted by molar-refractivity contribution is 7.13. The van der Waals surface area contributed by atoms with Crippen LogP contribution in [0.3, 0.4) is 0 Å². The van der Waals surface area contributed by atoms with Gasteiger partial charge in [-0.05, 0) is 55.5 Å². The highest BCUT2D eigenvalue weighted by Crippen LogP contribution is 2.36. The second kappa shape index (κ2) is 7.80. The van der Waals surface area contributed by atoms with Crippen LogP contribution in [0.25, 0.3) is 0 Å². The van der Waals surface area contributed by atoms with Crippen molar-refractivity contribution in [2.24, 2.45) is 11.8 Å². The first-order valence-electron chi connectivity index (χ1n) is 9.29. The number of likely N-dealkylation sites (tertiary alicyclic amines) is 1. The molecular weight excluding hydrogens is 351 g/mol. The fourth-order valence-corrected chi connectivity index (χ4v) is 4.92. The van der Waals surface area contributed by atoms with Crippen LogP contribution in [0, 0.1) is 17.7 Å². The van der Waals surface area contributed by atoms with Crippen molar-refractivity contribution < 1.29 is 9.18 Å². The Morgan fingerprint density at radius 3 is 2.73 bits per heavy atom. The fourth-order valence-electron chi connectivity index (χ4n) is 4.14. The van der Waals surface area contributed by atoms with Crippen molar-refractivity contribution in [1.29, 1.82) is 0 Å². The molecule has 0 unspecified atom stereocenters. The molecule has 2 aromatic rings.